The van der Waals surface area contributed by atoms with Gasteiger partial charge in [-0.15, -0.1) is 0 Å². The molecule has 2 fully saturated rings. The first-order chi connectivity index (χ1) is 14.8. The lowest BCUT2D eigenvalue weighted by molar-refractivity contribution is -0.123. The van der Waals surface area contributed by atoms with E-state index < -0.39 is 9.84 Å². The van der Waals surface area contributed by atoms with Crippen molar-refractivity contribution in [3.63, 3.8) is 0 Å². The number of aromatic nitrogens is 1. The smallest absolute Gasteiger partial charge is 0.237 e. The van der Waals surface area contributed by atoms with Crippen molar-refractivity contribution in [1.29, 1.82) is 0 Å². The molecule has 8 nitrogen and oxygen atoms in total. The number of nitrogens with one attached hydrogen (secondary N) is 3. The van der Waals surface area contributed by atoms with Crippen LogP contribution in [0.1, 0.15) is 18.4 Å². The van der Waals surface area contributed by atoms with Crippen LogP contribution in [0.15, 0.2) is 52.4 Å². The van der Waals surface area contributed by atoms with Crippen molar-refractivity contribution >= 4 is 21.6 Å². The third kappa shape index (κ3) is 4.73. The number of sulfone groups is 1. The third-order valence-electron chi connectivity index (χ3n) is 6.07. The summed E-state index contributed by atoms with van der Waals surface area (Å²) < 4.78 is 25.7. The SMILES string of the molecule is CN(C)c1ccc(S(=O)(=O)c2ccc(CNC(=O)C3CC4CNCCC4N3)cc2)cn1. The maximum Gasteiger partial charge on any atom is 0.237 e. The normalized spacial score (nSPS) is 23.2. The second-order valence-corrected chi connectivity index (χ2v) is 10.4. The van der Waals surface area contributed by atoms with Crippen molar-refractivity contribution < 1.29 is 13.2 Å². The first-order valence-corrected chi connectivity index (χ1v) is 12.0. The Labute approximate surface area is 183 Å². The molecule has 0 bridgehead atoms. The van der Waals surface area contributed by atoms with Gasteiger partial charge in [0.15, 0.2) is 0 Å². The van der Waals surface area contributed by atoms with Gasteiger partial charge in [0.25, 0.3) is 0 Å². The molecule has 0 radical (unpaired) electrons. The molecule has 1 aromatic carbocycles. The van der Waals surface area contributed by atoms with E-state index in [1.807, 2.05) is 19.0 Å². The molecule has 0 saturated carbocycles. The van der Waals surface area contributed by atoms with Crippen LogP contribution < -0.4 is 20.9 Å². The highest BCUT2D eigenvalue weighted by molar-refractivity contribution is 7.91. The van der Waals surface area contributed by atoms with Gasteiger partial charge in [0.1, 0.15) is 5.82 Å². The van der Waals surface area contributed by atoms with Gasteiger partial charge in [-0.3, -0.25) is 4.79 Å². The zero-order chi connectivity index (χ0) is 22.0. The van der Waals surface area contributed by atoms with E-state index in [-0.39, 0.29) is 21.7 Å². The number of amides is 1. The Morgan fingerprint density at radius 2 is 1.90 bits per heavy atom. The van der Waals surface area contributed by atoms with Gasteiger partial charge in [0.2, 0.25) is 15.7 Å². The van der Waals surface area contributed by atoms with E-state index in [1.165, 1.54) is 6.20 Å². The van der Waals surface area contributed by atoms with Crippen LogP contribution in [0.2, 0.25) is 0 Å². The molecule has 3 atom stereocenters. The predicted molar refractivity (Wildman–Crippen MR) is 119 cm³/mol. The first-order valence-electron chi connectivity index (χ1n) is 10.6. The molecule has 9 heteroatoms. The molecule has 2 aliphatic rings. The lowest BCUT2D eigenvalue weighted by Gasteiger charge is -2.25. The van der Waals surface area contributed by atoms with Gasteiger partial charge < -0.3 is 20.9 Å². The van der Waals surface area contributed by atoms with Crippen LogP contribution in [-0.4, -0.2) is 58.6 Å². The molecule has 1 amide bonds. The largest absolute Gasteiger partial charge is 0.363 e. The summed E-state index contributed by atoms with van der Waals surface area (Å²) >= 11 is 0. The fourth-order valence-electron chi connectivity index (χ4n) is 4.23. The van der Waals surface area contributed by atoms with Gasteiger partial charge in [-0.25, -0.2) is 13.4 Å². The highest BCUT2D eigenvalue weighted by atomic mass is 32.2. The lowest BCUT2D eigenvalue weighted by atomic mass is 9.94. The summed E-state index contributed by atoms with van der Waals surface area (Å²) in [6.45, 7) is 2.32. The number of benzene rings is 1. The van der Waals surface area contributed by atoms with E-state index in [0.717, 1.165) is 31.5 Å². The second-order valence-electron chi connectivity index (χ2n) is 8.43. The maximum atomic E-state index is 12.9. The van der Waals surface area contributed by atoms with Crippen LogP contribution in [0.3, 0.4) is 0 Å². The number of carbonyl (C=O) groups excluding carboxylic acids is 1. The molecule has 0 aliphatic carbocycles. The molecule has 3 heterocycles. The van der Waals surface area contributed by atoms with Crippen molar-refractivity contribution in [2.45, 2.75) is 41.3 Å². The molecule has 0 spiro atoms. The van der Waals surface area contributed by atoms with E-state index in [4.69, 9.17) is 0 Å². The zero-order valence-corrected chi connectivity index (χ0v) is 18.7. The molecular weight excluding hydrogens is 414 g/mol. The average Bonchev–Trinajstić information content (AvgIpc) is 3.22. The number of piperidine rings is 1. The number of hydrogen-bond donors (Lipinski definition) is 3. The van der Waals surface area contributed by atoms with Crippen LogP contribution in [-0.2, 0) is 21.2 Å². The van der Waals surface area contributed by atoms with E-state index in [0.29, 0.717) is 24.3 Å². The molecule has 166 valence electrons. The van der Waals surface area contributed by atoms with Gasteiger partial charge >= 0.3 is 0 Å². The fraction of sp³-hybridized carbons (Fsp3) is 0.455. The summed E-state index contributed by atoms with van der Waals surface area (Å²) in [6, 6.07) is 10.1. The third-order valence-corrected chi connectivity index (χ3v) is 7.82. The van der Waals surface area contributed by atoms with Crippen molar-refractivity contribution in [3.05, 3.63) is 48.2 Å². The summed E-state index contributed by atoms with van der Waals surface area (Å²) in [5.74, 6) is 1.20. The predicted octanol–water partition coefficient (Wildman–Crippen LogP) is 0.937. The number of fused-ring (bicyclic) bond motifs is 1. The van der Waals surface area contributed by atoms with Crippen molar-refractivity contribution in [1.82, 2.24) is 20.9 Å². The Hall–Kier alpha value is -2.49. The number of pyridine rings is 1. The maximum absolute atomic E-state index is 12.9. The van der Waals surface area contributed by atoms with Gasteiger partial charge in [0.05, 0.1) is 15.8 Å². The van der Waals surface area contributed by atoms with Crippen molar-refractivity contribution in [3.8, 4) is 0 Å². The Balaban J connectivity index is 1.36. The van der Waals surface area contributed by atoms with Gasteiger partial charge in [0, 0.05) is 32.9 Å². The van der Waals surface area contributed by atoms with Crippen LogP contribution in [0.4, 0.5) is 5.82 Å². The quantitative estimate of drug-likeness (QED) is 0.610. The highest BCUT2D eigenvalue weighted by Gasteiger charge is 2.38. The van der Waals surface area contributed by atoms with E-state index in [1.54, 1.807) is 36.4 Å². The van der Waals surface area contributed by atoms with Gasteiger partial charge in [-0.2, -0.15) is 0 Å². The molecule has 3 N–H and O–H groups in total. The van der Waals surface area contributed by atoms with E-state index in [2.05, 4.69) is 20.9 Å². The Morgan fingerprint density at radius 3 is 2.55 bits per heavy atom. The summed E-state index contributed by atoms with van der Waals surface area (Å²) in [5.41, 5.74) is 0.852. The van der Waals surface area contributed by atoms with Crippen LogP contribution in [0, 0.1) is 5.92 Å². The lowest BCUT2D eigenvalue weighted by Crippen LogP contribution is -2.45. The van der Waals surface area contributed by atoms with Crippen LogP contribution in [0.25, 0.3) is 0 Å². The second kappa shape index (κ2) is 8.94. The van der Waals surface area contributed by atoms with Crippen LogP contribution in [0.5, 0.6) is 0 Å². The molecule has 3 unspecified atom stereocenters. The minimum absolute atomic E-state index is 0.00171. The molecule has 2 aliphatic heterocycles. The average molecular weight is 444 g/mol. The number of rotatable bonds is 6. The molecule has 1 aromatic heterocycles. The topological polar surface area (TPSA) is 103 Å². The Bertz CT molecular complexity index is 1010. The molecular formula is C22H29N5O3S. The summed E-state index contributed by atoms with van der Waals surface area (Å²) in [5, 5.41) is 9.80. The highest BCUT2D eigenvalue weighted by Crippen LogP contribution is 2.25. The zero-order valence-electron chi connectivity index (χ0n) is 17.8. The summed E-state index contributed by atoms with van der Waals surface area (Å²) in [7, 11) is 0.0575. The minimum atomic E-state index is -3.64. The van der Waals surface area contributed by atoms with Gasteiger partial charge in [-0.1, -0.05) is 12.1 Å². The number of anilines is 1. The monoisotopic (exact) mass is 443 g/mol. The number of nitrogens with zero attached hydrogens (tertiary/aromatic N) is 2. The van der Waals surface area contributed by atoms with Gasteiger partial charge in [-0.05, 0) is 61.7 Å². The standard InChI is InChI=1S/C22H29N5O3S/c1-27(2)21-8-7-18(14-24-21)31(29,30)17-5-3-15(4-6-17)12-25-22(28)20-11-16-13-23-10-9-19(16)26-20/h3-8,14,16,19-20,23,26H,9-13H2,1-2H3,(H,25,28). The van der Waals surface area contributed by atoms with Crippen LogP contribution >= 0.6 is 0 Å². The fourth-order valence-corrected chi connectivity index (χ4v) is 5.44. The Morgan fingerprint density at radius 1 is 1.16 bits per heavy atom. The van der Waals surface area contributed by atoms with E-state index in [9.17, 15) is 13.2 Å². The number of hydrogen-bond acceptors (Lipinski definition) is 7. The summed E-state index contributed by atoms with van der Waals surface area (Å²) in [4.78, 5) is 18.9. The molecule has 4 rings (SSSR count). The van der Waals surface area contributed by atoms with E-state index >= 15 is 0 Å². The molecule has 2 saturated heterocycles. The van der Waals surface area contributed by atoms with Crippen molar-refractivity contribution in [2.75, 3.05) is 32.1 Å². The van der Waals surface area contributed by atoms with Crippen molar-refractivity contribution in [2.24, 2.45) is 5.92 Å². The Kier molecular flexibility index (Phi) is 6.27. The summed E-state index contributed by atoms with van der Waals surface area (Å²) in [6.07, 6.45) is 3.28. The number of carbonyl (C=O) groups is 1. The molecule has 2 aromatic rings. The first kappa shape index (κ1) is 21.7. The minimum Gasteiger partial charge on any atom is -0.363 e. The molecule has 31 heavy (non-hydrogen) atoms.